The molecule has 0 bridgehead atoms. The molecule has 1 heterocycles. The van der Waals surface area contributed by atoms with E-state index in [-0.39, 0.29) is 0 Å². The highest BCUT2D eigenvalue weighted by atomic mass is 35.5. The van der Waals surface area contributed by atoms with Gasteiger partial charge in [0.05, 0.1) is 5.02 Å². The first-order valence-electron chi connectivity index (χ1n) is 8.99. The standard InChI is InChI=1S/C10H11ClN2OS.C10H12ClN/c1-13(15-8-2-3-8)10-4-7(6-14)9(11)5-12-10;1-12-10-5-8(7-2-3-7)4-9(11)6-10/h4-6,8H,2-3H2,1H3;4-7,12H,2-3H2,1H3. The molecule has 1 N–H and O–H groups in total. The minimum Gasteiger partial charge on any atom is -0.388 e. The molecule has 0 saturated heterocycles. The third-order valence-corrected chi connectivity index (χ3v) is 6.22. The third kappa shape index (κ3) is 6.03. The van der Waals surface area contributed by atoms with E-state index in [1.54, 1.807) is 18.0 Å². The second-order valence-electron chi connectivity index (χ2n) is 6.78. The summed E-state index contributed by atoms with van der Waals surface area (Å²) in [6.07, 6.45) is 7.45. The maximum Gasteiger partial charge on any atom is 0.151 e. The molecular formula is C20H23Cl2N3OS. The number of hydrogen-bond donors (Lipinski definition) is 1. The van der Waals surface area contributed by atoms with Crippen molar-refractivity contribution in [1.29, 1.82) is 0 Å². The van der Waals surface area contributed by atoms with Gasteiger partial charge in [-0.2, -0.15) is 0 Å². The minimum absolute atomic E-state index is 0.401. The fourth-order valence-corrected chi connectivity index (χ4v) is 3.96. The van der Waals surface area contributed by atoms with E-state index in [0.29, 0.717) is 15.8 Å². The summed E-state index contributed by atoms with van der Waals surface area (Å²) in [5.74, 6) is 1.55. The van der Waals surface area contributed by atoms with Gasteiger partial charge >= 0.3 is 0 Å². The first-order valence-corrected chi connectivity index (χ1v) is 10.6. The maximum atomic E-state index is 10.7. The molecule has 0 amide bonds. The van der Waals surface area contributed by atoms with Crippen LogP contribution in [0.3, 0.4) is 0 Å². The highest BCUT2D eigenvalue weighted by Crippen LogP contribution is 2.41. The monoisotopic (exact) mass is 423 g/mol. The van der Waals surface area contributed by atoms with Crippen LogP contribution in [0.1, 0.15) is 47.5 Å². The van der Waals surface area contributed by atoms with Crippen LogP contribution in [0.25, 0.3) is 0 Å². The predicted molar refractivity (Wildman–Crippen MR) is 117 cm³/mol. The Hall–Kier alpha value is -1.43. The number of rotatable bonds is 6. The number of hydrogen-bond acceptors (Lipinski definition) is 5. The number of nitrogens with zero attached hydrogens (tertiary/aromatic N) is 2. The number of aldehydes is 1. The van der Waals surface area contributed by atoms with Crippen LogP contribution in [-0.2, 0) is 0 Å². The van der Waals surface area contributed by atoms with E-state index < -0.39 is 0 Å². The second kappa shape index (κ2) is 9.18. The Morgan fingerprint density at radius 2 is 1.93 bits per heavy atom. The van der Waals surface area contributed by atoms with E-state index in [1.165, 1.54) is 37.4 Å². The van der Waals surface area contributed by atoms with Crippen LogP contribution in [0.5, 0.6) is 0 Å². The van der Waals surface area contributed by atoms with Crippen LogP contribution in [0.15, 0.2) is 30.5 Å². The Kier molecular flexibility index (Phi) is 6.90. The van der Waals surface area contributed by atoms with Gasteiger partial charge in [0.1, 0.15) is 5.82 Å². The van der Waals surface area contributed by atoms with Gasteiger partial charge < -0.3 is 9.62 Å². The summed E-state index contributed by atoms with van der Waals surface area (Å²) >= 11 is 13.5. The summed E-state index contributed by atoms with van der Waals surface area (Å²) in [5.41, 5.74) is 2.99. The van der Waals surface area contributed by atoms with E-state index in [9.17, 15) is 4.79 Å². The lowest BCUT2D eigenvalue weighted by Crippen LogP contribution is -2.09. The molecule has 0 unspecified atom stereocenters. The third-order valence-electron chi connectivity index (χ3n) is 4.41. The molecule has 0 atom stereocenters. The van der Waals surface area contributed by atoms with Crippen molar-refractivity contribution in [2.75, 3.05) is 23.7 Å². The van der Waals surface area contributed by atoms with Crippen LogP contribution in [0.4, 0.5) is 11.5 Å². The summed E-state index contributed by atoms with van der Waals surface area (Å²) in [7, 11) is 3.87. The molecule has 1 aromatic heterocycles. The molecule has 0 spiro atoms. The summed E-state index contributed by atoms with van der Waals surface area (Å²) in [6, 6.07) is 7.92. The molecule has 144 valence electrons. The highest BCUT2D eigenvalue weighted by molar-refractivity contribution is 8.01. The number of halogens is 2. The van der Waals surface area contributed by atoms with Gasteiger partial charge in [0.15, 0.2) is 6.29 Å². The molecule has 2 aliphatic rings. The molecular weight excluding hydrogens is 401 g/mol. The maximum absolute atomic E-state index is 10.7. The Morgan fingerprint density at radius 1 is 1.19 bits per heavy atom. The molecule has 7 heteroatoms. The Morgan fingerprint density at radius 3 is 2.52 bits per heavy atom. The predicted octanol–water partition coefficient (Wildman–Crippen LogP) is 6.05. The zero-order chi connectivity index (χ0) is 19.4. The van der Waals surface area contributed by atoms with Crippen LogP contribution < -0.4 is 9.62 Å². The van der Waals surface area contributed by atoms with Crippen molar-refractivity contribution < 1.29 is 4.79 Å². The van der Waals surface area contributed by atoms with Gasteiger partial charge in [0.25, 0.3) is 0 Å². The van der Waals surface area contributed by atoms with Crippen molar-refractivity contribution in [3.8, 4) is 0 Å². The van der Waals surface area contributed by atoms with Crippen molar-refractivity contribution in [3.05, 3.63) is 51.6 Å². The number of carbonyl (C=O) groups is 1. The molecule has 0 aliphatic heterocycles. The van der Waals surface area contributed by atoms with Gasteiger partial charge in [-0.15, -0.1) is 0 Å². The summed E-state index contributed by atoms with van der Waals surface area (Å²) in [6.45, 7) is 0. The Labute approximate surface area is 174 Å². The number of aromatic nitrogens is 1. The molecule has 2 saturated carbocycles. The Balaban J connectivity index is 0.000000159. The lowest BCUT2D eigenvalue weighted by molar-refractivity contribution is 0.112. The average molecular weight is 424 g/mol. The largest absolute Gasteiger partial charge is 0.388 e. The van der Waals surface area contributed by atoms with Crippen molar-refractivity contribution >= 4 is 52.9 Å². The van der Waals surface area contributed by atoms with E-state index in [4.69, 9.17) is 23.2 Å². The quantitative estimate of drug-likeness (QED) is 0.452. The van der Waals surface area contributed by atoms with Gasteiger partial charge in [-0.05, 0) is 73.4 Å². The fourth-order valence-electron chi connectivity index (χ4n) is 2.57. The zero-order valence-corrected chi connectivity index (χ0v) is 17.7. The van der Waals surface area contributed by atoms with E-state index in [0.717, 1.165) is 28.7 Å². The van der Waals surface area contributed by atoms with Crippen LogP contribution in [-0.4, -0.2) is 30.6 Å². The van der Waals surface area contributed by atoms with Gasteiger partial charge in [0, 0.05) is 41.8 Å². The average Bonchev–Trinajstić information content (AvgIpc) is 3.55. The molecule has 1 aromatic carbocycles. The Bertz CT molecular complexity index is 810. The molecule has 27 heavy (non-hydrogen) atoms. The van der Waals surface area contributed by atoms with Crippen molar-refractivity contribution in [3.63, 3.8) is 0 Å². The van der Waals surface area contributed by atoms with Crippen molar-refractivity contribution in [1.82, 2.24) is 4.98 Å². The van der Waals surface area contributed by atoms with E-state index in [1.807, 2.05) is 24.5 Å². The van der Waals surface area contributed by atoms with Crippen LogP contribution in [0.2, 0.25) is 10.0 Å². The summed E-state index contributed by atoms with van der Waals surface area (Å²) in [4.78, 5) is 14.9. The van der Waals surface area contributed by atoms with Crippen LogP contribution >= 0.6 is 35.1 Å². The first kappa shape index (κ1) is 20.3. The lowest BCUT2D eigenvalue weighted by atomic mass is 10.1. The number of pyridine rings is 1. The summed E-state index contributed by atoms with van der Waals surface area (Å²) in [5, 5.41) is 5.06. The highest BCUT2D eigenvalue weighted by Gasteiger charge is 2.25. The molecule has 4 rings (SSSR count). The minimum atomic E-state index is 0.401. The SMILES string of the molecule is CN(SC1CC1)c1cc(C=O)c(Cl)cn1.CNc1cc(Cl)cc(C2CC2)c1. The van der Waals surface area contributed by atoms with Gasteiger partial charge in [-0.3, -0.25) is 4.79 Å². The number of nitrogens with one attached hydrogen (secondary N) is 1. The normalized spacial score (nSPS) is 15.6. The van der Waals surface area contributed by atoms with Gasteiger partial charge in [0.2, 0.25) is 0 Å². The number of benzene rings is 1. The molecule has 2 aliphatic carbocycles. The molecule has 2 aromatic rings. The number of carbonyl (C=O) groups excluding carboxylic acids is 1. The van der Waals surface area contributed by atoms with Gasteiger partial charge in [-0.25, -0.2) is 4.98 Å². The molecule has 0 radical (unpaired) electrons. The number of anilines is 2. The second-order valence-corrected chi connectivity index (χ2v) is 9.05. The fraction of sp³-hybridized carbons (Fsp3) is 0.400. The van der Waals surface area contributed by atoms with Crippen molar-refractivity contribution in [2.45, 2.75) is 36.9 Å². The smallest absolute Gasteiger partial charge is 0.151 e. The topological polar surface area (TPSA) is 45.2 Å². The summed E-state index contributed by atoms with van der Waals surface area (Å²) < 4.78 is 1.99. The molecule has 4 nitrogen and oxygen atoms in total. The molecule has 2 fully saturated rings. The van der Waals surface area contributed by atoms with Crippen molar-refractivity contribution in [2.24, 2.45) is 0 Å². The first-order chi connectivity index (χ1) is 13.0. The van der Waals surface area contributed by atoms with E-state index in [2.05, 4.69) is 22.4 Å². The van der Waals surface area contributed by atoms with Crippen LogP contribution in [0, 0.1) is 0 Å². The van der Waals surface area contributed by atoms with E-state index >= 15 is 0 Å². The zero-order valence-electron chi connectivity index (χ0n) is 15.4. The lowest BCUT2D eigenvalue weighted by Gasteiger charge is -2.16. The van der Waals surface area contributed by atoms with Gasteiger partial charge in [-0.1, -0.05) is 23.2 Å².